The highest BCUT2D eigenvalue weighted by atomic mass is 35.5. The minimum atomic E-state index is -0.146. The number of carbonyl (C=O) groups is 1. The molecule has 0 fully saturated rings. The van der Waals surface area contributed by atoms with Crippen LogP contribution in [0.5, 0.6) is 0 Å². The monoisotopic (exact) mass is 278 g/mol. The van der Waals surface area contributed by atoms with Crippen molar-refractivity contribution in [3.05, 3.63) is 29.5 Å². The van der Waals surface area contributed by atoms with E-state index in [0.717, 1.165) is 10.9 Å². The first-order valence-electron chi connectivity index (χ1n) is 5.16. The van der Waals surface area contributed by atoms with E-state index in [-0.39, 0.29) is 11.2 Å². The topological polar surface area (TPSA) is 67.2 Å². The molecule has 0 radical (unpaired) electrons. The van der Waals surface area contributed by atoms with Crippen LogP contribution < -0.4 is 5.32 Å². The Kier molecular flexibility index (Phi) is 2.89. The standard InChI is InChI=1S/C11H7ClN4OS/c12-10-13-7-4-2-1-3-6(7)9(15-10)16-11-14-8(17)5-18-11/h1-4H,5H2,(H,13,14,15,16,17). The van der Waals surface area contributed by atoms with Crippen LogP contribution in [0, 0.1) is 0 Å². The van der Waals surface area contributed by atoms with Gasteiger partial charge in [0, 0.05) is 5.39 Å². The third-order valence-electron chi connectivity index (χ3n) is 2.36. The van der Waals surface area contributed by atoms with Gasteiger partial charge >= 0.3 is 0 Å². The first-order valence-corrected chi connectivity index (χ1v) is 6.52. The molecule has 90 valence electrons. The maximum atomic E-state index is 11.1. The van der Waals surface area contributed by atoms with Crippen molar-refractivity contribution < 1.29 is 4.79 Å². The summed E-state index contributed by atoms with van der Waals surface area (Å²) in [4.78, 5) is 23.2. The molecule has 0 saturated carbocycles. The number of hydrogen-bond acceptors (Lipinski definition) is 5. The molecule has 0 saturated heterocycles. The molecule has 7 heteroatoms. The van der Waals surface area contributed by atoms with Gasteiger partial charge < -0.3 is 5.32 Å². The lowest BCUT2D eigenvalue weighted by Gasteiger charge is -2.07. The number of rotatable bonds is 1. The highest BCUT2D eigenvalue weighted by Gasteiger charge is 2.16. The predicted molar refractivity (Wildman–Crippen MR) is 73.1 cm³/mol. The second kappa shape index (κ2) is 4.55. The van der Waals surface area contributed by atoms with E-state index in [1.165, 1.54) is 11.8 Å². The fraction of sp³-hybridized carbons (Fsp3) is 0.0909. The summed E-state index contributed by atoms with van der Waals surface area (Å²) >= 11 is 7.21. The second-order valence-corrected chi connectivity index (χ2v) is 4.88. The Morgan fingerprint density at radius 2 is 2.11 bits per heavy atom. The van der Waals surface area contributed by atoms with E-state index in [0.29, 0.717) is 16.7 Å². The smallest absolute Gasteiger partial charge is 0.258 e. The van der Waals surface area contributed by atoms with Crippen molar-refractivity contribution >= 4 is 51.2 Å². The van der Waals surface area contributed by atoms with Crippen LogP contribution in [-0.2, 0) is 4.79 Å². The summed E-state index contributed by atoms with van der Waals surface area (Å²) in [5.74, 6) is 0.775. The quantitative estimate of drug-likeness (QED) is 0.811. The van der Waals surface area contributed by atoms with Crippen LogP contribution in [0.1, 0.15) is 0 Å². The summed E-state index contributed by atoms with van der Waals surface area (Å²) < 4.78 is 0. The van der Waals surface area contributed by atoms with E-state index in [1.807, 2.05) is 24.3 Å². The van der Waals surface area contributed by atoms with Gasteiger partial charge in [-0.1, -0.05) is 23.9 Å². The number of amidine groups is 1. The van der Waals surface area contributed by atoms with Crippen LogP contribution in [0.3, 0.4) is 0 Å². The molecule has 1 aromatic carbocycles. The maximum absolute atomic E-state index is 11.1. The van der Waals surface area contributed by atoms with Crippen molar-refractivity contribution in [1.82, 2.24) is 9.97 Å². The Morgan fingerprint density at radius 3 is 2.89 bits per heavy atom. The molecule has 2 heterocycles. The molecule has 5 nitrogen and oxygen atoms in total. The number of benzene rings is 1. The van der Waals surface area contributed by atoms with Gasteiger partial charge in [0.05, 0.1) is 11.3 Å². The molecule has 0 bridgehead atoms. The van der Waals surface area contributed by atoms with Gasteiger partial charge in [-0.25, -0.2) is 4.98 Å². The van der Waals surface area contributed by atoms with Gasteiger partial charge in [0.1, 0.15) is 5.82 Å². The van der Waals surface area contributed by atoms with Crippen molar-refractivity contribution in [2.75, 3.05) is 11.1 Å². The van der Waals surface area contributed by atoms with Crippen LogP contribution in [0.2, 0.25) is 5.28 Å². The molecule has 3 rings (SSSR count). The molecule has 0 spiro atoms. The number of hydrogen-bond donors (Lipinski definition) is 1. The molecule has 0 atom stereocenters. The minimum Gasteiger partial charge on any atom is -0.319 e. The third kappa shape index (κ3) is 2.16. The molecule has 1 N–H and O–H groups in total. The van der Waals surface area contributed by atoms with E-state index in [4.69, 9.17) is 11.6 Å². The van der Waals surface area contributed by atoms with Crippen LogP contribution in [-0.4, -0.2) is 26.8 Å². The predicted octanol–water partition coefficient (Wildman–Crippen LogP) is 2.32. The van der Waals surface area contributed by atoms with Crippen LogP contribution >= 0.6 is 23.4 Å². The van der Waals surface area contributed by atoms with E-state index in [9.17, 15) is 4.79 Å². The van der Waals surface area contributed by atoms with Gasteiger partial charge in [0.2, 0.25) is 5.28 Å². The lowest BCUT2D eigenvalue weighted by molar-refractivity contribution is -0.115. The number of halogens is 1. The highest BCUT2D eigenvalue weighted by Crippen LogP contribution is 2.24. The largest absolute Gasteiger partial charge is 0.319 e. The highest BCUT2D eigenvalue weighted by molar-refractivity contribution is 8.15. The Bertz CT molecular complexity index is 673. The number of para-hydroxylation sites is 1. The summed E-state index contributed by atoms with van der Waals surface area (Å²) in [5.41, 5.74) is 0.745. The Hall–Kier alpha value is -1.66. The average Bonchev–Trinajstić information content (AvgIpc) is 2.74. The number of aliphatic imine (C=N–C) groups is 1. The number of nitrogens with one attached hydrogen (secondary N) is 1. The molecule has 1 amide bonds. The van der Waals surface area contributed by atoms with Crippen molar-refractivity contribution in [1.29, 1.82) is 0 Å². The number of carbonyl (C=O) groups excluding carboxylic acids is 1. The molecule has 18 heavy (non-hydrogen) atoms. The zero-order valence-electron chi connectivity index (χ0n) is 9.05. The number of anilines is 1. The number of amides is 1. The third-order valence-corrected chi connectivity index (χ3v) is 3.39. The lowest BCUT2D eigenvalue weighted by Crippen LogP contribution is -2.08. The van der Waals surface area contributed by atoms with Gasteiger partial charge in [0.25, 0.3) is 5.91 Å². The minimum absolute atomic E-state index is 0.146. The van der Waals surface area contributed by atoms with Gasteiger partial charge in [-0.15, -0.1) is 0 Å². The fourth-order valence-corrected chi connectivity index (χ4v) is 2.45. The summed E-state index contributed by atoms with van der Waals surface area (Å²) in [6, 6.07) is 7.50. The maximum Gasteiger partial charge on any atom is 0.258 e. The van der Waals surface area contributed by atoms with Gasteiger partial charge in [0.15, 0.2) is 5.17 Å². The SMILES string of the molecule is O=C1CSC(Nc2nc(Cl)nc3ccccc23)=N1. The Morgan fingerprint density at radius 1 is 1.28 bits per heavy atom. The molecular weight excluding hydrogens is 272 g/mol. The number of aromatic nitrogens is 2. The van der Waals surface area contributed by atoms with Gasteiger partial charge in [-0.05, 0) is 23.7 Å². The number of fused-ring (bicyclic) bond motifs is 1. The van der Waals surface area contributed by atoms with Crippen LogP contribution in [0.4, 0.5) is 5.82 Å². The molecule has 1 aliphatic heterocycles. The molecule has 1 aliphatic rings. The van der Waals surface area contributed by atoms with Crippen LogP contribution in [0.15, 0.2) is 29.3 Å². The van der Waals surface area contributed by atoms with E-state index in [2.05, 4.69) is 20.3 Å². The summed E-state index contributed by atoms with van der Waals surface area (Å²) in [6.07, 6.45) is 0. The molecular formula is C11H7ClN4OS. The Balaban J connectivity index is 2.05. The van der Waals surface area contributed by atoms with E-state index in [1.54, 1.807) is 0 Å². The zero-order chi connectivity index (χ0) is 12.5. The molecule has 2 aromatic rings. The van der Waals surface area contributed by atoms with Gasteiger partial charge in [-0.2, -0.15) is 9.98 Å². The first kappa shape index (κ1) is 11.4. The summed E-state index contributed by atoms with van der Waals surface area (Å²) in [6.45, 7) is 0. The normalized spacial score (nSPS) is 14.9. The summed E-state index contributed by atoms with van der Waals surface area (Å²) in [7, 11) is 0. The lowest BCUT2D eigenvalue weighted by atomic mass is 10.2. The zero-order valence-corrected chi connectivity index (χ0v) is 10.6. The average molecular weight is 279 g/mol. The fourth-order valence-electron chi connectivity index (χ4n) is 1.62. The summed E-state index contributed by atoms with van der Waals surface area (Å²) in [5, 5.41) is 4.55. The Labute approximate surface area is 112 Å². The van der Waals surface area contributed by atoms with Crippen molar-refractivity contribution in [3.8, 4) is 0 Å². The van der Waals surface area contributed by atoms with E-state index >= 15 is 0 Å². The molecule has 0 aliphatic carbocycles. The van der Waals surface area contributed by atoms with Crippen molar-refractivity contribution in [3.63, 3.8) is 0 Å². The number of thioether (sulfide) groups is 1. The first-order chi connectivity index (χ1) is 8.72. The van der Waals surface area contributed by atoms with Crippen LogP contribution in [0.25, 0.3) is 10.9 Å². The number of nitrogens with zero attached hydrogens (tertiary/aromatic N) is 3. The van der Waals surface area contributed by atoms with Crippen molar-refractivity contribution in [2.45, 2.75) is 0 Å². The molecule has 1 aromatic heterocycles. The van der Waals surface area contributed by atoms with E-state index < -0.39 is 0 Å². The second-order valence-electron chi connectivity index (χ2n) is 3.58. The van der Waals surface area contributed by atoms with Crippen molar-refractivity contribution in [2.24, 2.45) is 4.99 Å². The van der Waals surface area contributed by atoms with Gasteiger partial charge in [-0.3, -0.25) is 4.79 Å². The molecule has 0 unspecified atom stereocenters.